The number of allylic oxidation sites excluding steroid dienone is 1. The summed E-state index contributed by atoms with van der Waals surface area (Å²) >= 11 is 1.78. The molecule has 1 aromatic carbocycles. The number of benzene rings is 1. The molecule has 216 valence electrons. The predicted octanol–water partition coefficient (Wildman–Crippen LogP) is 5.48. The monoisotopic (exact) mass is 564 g/mol. The number of amides is 2. The molecule has 2 fully saturated rings. The Morgan fingerprint density at radius 3 is 2.75 bits per heavy atom. The number of nitrogens with two attached hydrogens (primary N) is 1. The van der Waals surface area contributed by atoms with E-state index >= 15 is 0 Å². The van der Waals surface area contributed by atoms with E-state index in [1.165, 1.54) is 15.9 Å². The van der Waals surface area contributed by atoms with Gasteiger partial charge >= 0.3 is 11.8 Å². The zero-order valence-corrected chi connectivity index (χ0v) is 25.6. The molecular weight excluding hydrogens is 520 g/mol. The van der Waals surface area contributed by atoms with Gasteiger partial charge < -0.3 is 20.9 Å². The Morgan fingerprint density at radius 1 is 1.30 bits per heavy atom. The van der Waals surface area contributed by atoms with E-state index in [0.717, 1.165) is 48.9 Å². The Hall–Kier alpha value is -3.04. The van der Waals surface area contributed by atoms with Crippen molar-refractivity contribution in [3.8, 4) is 0 Å². The second kappa shape index (κ2) is 12.2. The highest BCUT2D eigenvalue weighted by Crippen LogP contribution is 2.41. The van der Waals surface area contributed by atoms with Crippen LogP contribution in [0.1, 0.15) is 89.3 Å². The molecule has 9 heteroatoms. The molecule has 0 saturated carbocycles. The molecule has 3 N–H and O–H groups in total. The third-order valence-electron chi connectivity index (χ3n) is 8.52. The maximum absolute atomic E-state index is 13.4. The number of thiazole rings is 1. The Balaban J connectivity index is 1.52. The molecule has 2 aromatic rings. The molecule has 1 unspecified atom stereocenters. The van der Waals surface area contributed by atoms with Gasteiger partial charge in [0, 0.05) is 29.9 Å². The van der Waals surface area contributed by atoms with Gasteiger partial charge in [-0.25, -0.2) is 9.98 Å². The molecule has 0 spiro atoms. The van der Waals surface area contributed by atoms with E-state index in [4.69, 9.17) is 10.7 Å². The fourth-order valence-corrected chi connectivity index (χ4v) is 6.71. The molecule has 2 amide bonds. The van der Waals surface area contributed by atoms with Crippen molar-refractivity contribution in [1.82, 2.24) is 20.1 Å². The third kappa shape index (κ3) is 6.63. The first-order valence-corrected chi connectivity index (χ1v) is 15.1. The van der Waals surface area contributed by atoms with Crippen molar-refractivity contribution in [3.05, 3.63) is 52.8 Å². The van der Waals surface area contributed by atoms with Gasteiger partial charge in [-0.1, -0.05) is 26.5 Å². The predicted molar refractivity (Wildman–Crippen MR) is 164 cm³/mol. The minimum Gasteiger partial charge on any atom is -0.383 e. The Kier molecular flexibility index (Phi) is 9.15. The van der Waals surface area contributed by atoms with Crippen molar-refractivity contribution in [2.45, 2.75) is 84.2 Å². The van der Waals surface area contributed by atoms with Crippen LogP contribution in [0.3, 0.4) is 0 Å². The molecule has 0 radical (unpaired) electrons. The lowest BCUT2D eigenvalue weighted by molar-refractivity contribution is -0.148. The van der Waals surface area contributed by atoms with Crippen LogP contribution < -0.4 is 11.1 Å². The van der Waals surface area contributed by atoms with Crippen LogP contribution in [-0.2, 0) is 9.59 Å². The molecule has 40 heavy (non-hydrogen) atoms. The van der Waals surface area contributed by atoms with E-state index in [1.54, 1.807) is 23.2 Å². The van der Waals surface area contributed by atoms with Crippen LogP contribution in [0.2, 0.25) is 0 Å². The van der Waals surface area contributed by atoms with Gasteiger partial charge in [0.2, 0.25) is 0 Å². The van der Waals surface area contributed by atoms with Crippen LogP contribution in [-0.4, -0.2) is 58.1 Å². The van der Waals surface area contributed by atoms with E-state index in [-0.39, 0.29) is 11.6 Å². The van der Waals surface area contributed by atoms with Crippen molar-refractivity contribution in [2.24, 2.45) is 16.6 Å². The SMILES string of the molecule is C=C(CC)C(N)=N/C=C(\C)NC(=O)C(=O)N1C[C@@H](C)CC[C@@H]1c1ccc2sc(C3CCN(C)C(C)(C)C3)nc2c1. The fourth-order valence-electron chi connectivity index (χ4n) is 5.63. The Bertz CT molecular complexity index is 1340. The number of fused-ring (bicyclic) bond motifs is 1. The summed E-state index contributed by atoms with van der Waals surface area (Å²) < 4.78 is 1.17. The topological polar surface area (TPSA) is 104 Å². The van der Waals surface area contributed by atoms with E-state index in [0.29, 0.717) is 36.3 Å². The van der Waals surface area contributed by atoms with Gasteiger partial charge in [-0.05, 0) is 95.7 Å². The van der Waals surface area contributed by atoms with Gasteiger partial charge in [-0.15, -0.1) is 11.3 Å². The Morgan fingerprint density at radius 2 is 2.05 bits per heavy atom. The summed E-state index contributed by atoms with van der Waals surface area (Å²) in [5.41, 5.74) is 9.22. The second-order valence-electron chi connectivity index (χ2n) is 12.1. The summed E-state index contributed by atoms with van der Waals surface area (Å²) in [5.74, 6) is -0.117. The summed E-state index contributed by atoms with van der Waals surface area (Å²) in [6.07, 6.45) is 6.15. The van der Waals surface area contributed by atoms with Crippen LogP contribution in [0.5, 0.6) is 0 Å². The summed E-state index contributed by atoms with van der Waals surface area (Å²) in [5, 5.41) is 3.88. The number of hydrogen-bond donors (Lipinski definition) is 2. The molecular formula is C31H44N6O2S. The minimum atomic E-state index is -0.669. The quantitative estimate of drug-likeness (QED) is 0.275. The number of amidine groups is 1. The van der Waals surface area contributed by atoms with Crippen molar-refractivity contribution in [3.63, 3.8) is 0 Å². The van der Waals surface area contributed by atoms with Crippen molar-refractivity contribution >= 4 is 39.2 Å². The highest BCUT2D eigenvalue weighted by molar-refractivity contribution is 7.18. The number of aromatic nitrogens is 1. The van der Waals surface area contributed by atoms with Gasteiger partial charge in [0.25, 0.3) is 0 Å². The molecule has 0 aliphatic carbocycles. The number of likely N-dealkylation sites (tertiary alicyclic amines) is 2. The van der Waals surface area contributed by atoms with Crippen molar-refractivity contribution in [2.75, 3.05) is 20.1 Å². The maximum Gasteiger partial charge on any atom is 0.313 e. The molecule has 3 atom stereocenters. The maximum atomic E-state index is 13.4. The summed E-state index contributed by atoms with van der Waals surface area (Å²) in [7, 11) is 2.20. The second-order valence-corrected chi connectivity index (χ2v) is 13.2. The summed E-state index contributed by atoms with van der Waals surface area (Å²) in [6.45, 7) is 15.8. The number of rotatable bonds is 6. The van der Waals surface area contributed by atoms with Crippen LogP contribution in [0, 0.1) is 5.92 Å². The van der Waals surface area contributed by atoms with Crippen LogP contribution in [0.25, 0.3) is 10.2 Å². The smallest absolute Gasteiger partial charge is 0.313 e. The van der Waals surface area contributed by atoms with E-state index < -0.39 is 11.8 Å². The zero-order chi connectivity index (χ0) is 29.2. The van der Waals surface area contributed by atoms with Gasteiger partial charge in [-0.3, -0.25) is 9.59 Å². The lowest BCUT2D eigenvalue weighted by atomic mass is 9.83. The van der Waals surface area contributed by atoms with Crippen LogP contribution >= 0.6 is 11.3 Å². The number of aliphatic imine (C=N–C) groups is 1. The number of nitrogens with zero attached hydrogens (tertiary/aromatic N) is 4. The molecule has 1 aromatic heterocycles. The van der Waals surface area contributed by atoms with Crippen LogP contribution in [0.15, 0.2) is 47.2 Å². The highest BCUT2D eigenvalue weighted by Gasteiger charge is 2.36. The fraction of sp³-hybridized carbons (Fsp3) is 0.548. The number of hydrogen-bond acceptors (Lipinski definition) is 6. The number of carbonyl (C=O) groups excluding carboxylic acids is 2. The minimum absolute atomic E-state index is 0.156. The van der Waals surface area contributed by atoms with Gasteiger partial charge in [0.15, 0.2) is 0 Å². The lowest BCUT2D eigenvalue weighted by Crippen LogP contribution is -2.48. The standard InChI is InChI=1S/C31H44N6O2S/c1-8-20(3)27(32)33-17-21(4)34-28(38)30(39)37-18-19(2)9-11-25(37)22-10-12-26-24(15-22)35-29(40-26)23-13-14-36(7)31(5,6)16-23/h10,12,15,17,19,23,25H,3,8-9,11,13-14,16,18H2,1-2,4-7H3,(H2,32,33)(H,34,38)/b21-17+/t19-,23?,25+/m0/s1. The summed E-state index contributed by atoms with van der Waals surface area (Å²) in [6, 6.07) is 6.19. The molecule has 8 nitrogen and oxygen atoms in total. The molecule has 4 rings (SSSR count). The number of nitrogens with one attached hydrogen (secondary N) is 1. The average Bonchev–Trinajstić information content (AvgIpc) is 3.35. The summed E-state index contributed by atoms with van der Waals surface area (Å²) in [4.78, 5) is 39.8. The molecule has 2 saturated heterocycles. The molecule has 0 bridgehead atoms. The first-order chi connectivity index (χ1) is 18.9. The van der Waals surface area contributed by atoms with E-state index in [2.05, 4.69) is 67.8 Å². The average molecular weight is 565 g/mol. The molecule has 3 heterocycles. The Labute approximate surface area is 242 Å². The molecule has 2 aliphatic heterocycles. The zero-order valence-electron chi connectivity index (χ0n) is 24.8. The first kappa shape index (κ1) is 29.9. The van der Waals surface area contributed by atoms with Crippen LogP contribution in [0.4, 0.5) is 0 Å². The normalized spacial score (nSPS) is 24.2. The lowest BCUT2D eigenvalue weighted by Gasteiger charge is -2.43. The van der Waals surface area contributed by atoms with E-state index in [1.807, 2.05) is 6.92 Å². The van der Waals surface area contributed by atoms with Crippen molar-refractivity contribution in [1.29, 1.82) is 0 Å². The van der Waals surface area contributed by atoms with Gasteiger partial charge in [0.1, 0.15) is 5.84 Å². The highest BCUT2D eigenvalue weighted by atomic mass is 32.1. The largest absolute Gasteiger partial charge is 0.383 e. The number of carbonyl (C=O) groups is 2. The first-order valence-electron chi connectivity index (χ1n) is 14.3. The molecule has 2 aliphatic rings. The van der Waals surface area contributed by atoms with Gasteiger partial charge in [-0.2, -0.15) is 0 Å². The third-order valence-corrected chi connectivity index (χ3v) is 9.72. The van der Waals surface area contributed by atoms with E-state index in [9.17, 15) is 9.59 Å². The number of piperidine rings is 2. The van der Waals surface area contributed by atoms with Crippen molar-refractivity contribution < 1.29 is 9.59 Å². The van der Waals surface area contributed by atoms with Gasteiger partial charge in [0.05, 0.1) is 21.3 Å².